The largest absolute Gasteiger partial charge is 0.487 e. The van der Waals surface area contributed by atoms with Crippen LogP contribution in [0.1, 0.15) is 16.7 Å². The Morgan fingerprint density at radius 3 is 2.60 bits per heavy atom. The summed E-state index contributed by atoms with van der Waals surface area (Å²) in [4.78, 5) is 0. The van der Waals surface area contributed by atoms with Gasteiger partial charge in [0.2, 0.25) is 0 Å². The summed E-state index contributed by atoms with van der Waals surface area (Å²) in [6.07, 6.45) is 3.95. The van der Waals surface area contributed by atoms with E-state index in [2.05, 4.69) is 34.1 Å². The zero-order valence-corrected chi connectivity index (χ0v) is 13.1. The van der Waals surface area contributed by atoms with E-state index >= 15 is 0 Å². The Balaban J connectivity index is 2.14. The summed E-state index contributed by atoms with van der Waals surface area (Å²) >= 11 is 3.57. The molecule has 0 aliphatic rings. The second-order valence-electron chi connectivity index (χ2n) is 4.56. The lowest BCUT2D eigenvalue weighted by molar-refractivity contribution is 0.302. The molecule has 0 unspecified atom stereocenters. The summed E-state index contributed by atoms with van der Waals surface area (Å²) in [6.45, 7) is 3.16. The van der Waals surface area contributed by atoms with Gasteiger partial charge in [0, 0.05) is 6.54 Å². The minimum atomic E-state index is 0.545. The Labute approximate surface area is 128 Å². The molecule has 20 heavy (non-hydrogen) atoms. The van der Waals surface area contributed by atoms with Crippen molar-refractivity contribution in [2.75, 3.05) is 6.54 Å². The van der Waals surface area contributed by atoms with Crippen LogP contribution in [-0.2, 0) is 6.61 Å². The highest BCUT2D eigenvalue weighted by Crippen LogP contribution is 2.31. The highest BCUT2D eigenvalue weighted by molar-refractivity contribution is 9.10. The molecule has 2 nitrogen and oxygen atoms in total. The Morgan fingerprint density at radius 1 is 1.20 bits per heavy atom. The van der Waals surface area contributed by atoms with E-state index in [1.54, 1.807) is 0 Å². The van der Waals surface area contributed by atoms with Gasteiger partial charge in [0.15, 0.2) is 0 Å². The third kappa shape index (κ3) is 3.95. The third-order valence-electron chi connectivity index (χ3n) is 2.92. The van der Waals surface area contributed by atoms with Gasteiger partial charge >= 0.3 is 0 Å². The van der Waals surface area contributed by atoms with Crippen LogP contribution in [0.3, 0.4) is 0 Å². The maximum absolute atomic E-state index is 5.92. The molecule has 3 heteroatoms. The molecule has 2 rings (SSSR count). The summed E-state index contributed by atoms with van der Waals surface area (Å²) in [7, 11) is 0. The molecule has 0 aliphatic heterocycles. The molecule has 0 spiro atoms. The normalized spacial score (nSPS) is 10.9. The molecule has 0 bridgehead atoms. The minimum absolute atomic E-state index is 0.545. The number of halogens is 1. The van der Waals surface area contributed by atoms with Gasteiger partial charge in [-0.05, 0) is 51.7 Å². The predicted molar refractivity (Wildman–Crippen MR) is 87.7 cm³/mol. The van der Waals surface area contributed by atoms with Crippen molar-refractivity contribution in [3.63, 3.8) is 0 Å². The zero-order chi connectivity index (χ0) is 14.4. The summed E-state index contributed by atoms with van der Waals surface area (Å²) in [5.74, 6) is 0.888. The molecule has 0 fully saturated rings. The monoisotopic (exact) mass is 331 g/mol. The molecule has 0 saturated heterocycles. The molecule has 0 heterocycles. The standard InChI is InChI=1S/C17H18BrNO/c1-13-10-15(8-5-9-19)11-16(18)17(13)20-12-14-6-3-2-4-7-14/h2-8,10-11H,9,12,19H2,1H3/b8-5+. The maximum Gasteiger partial charge on any atom is 0.136 e. The Kier molecular flexibility index (Phi) is 5.39. The van der Waals surface area contributed by atoms with Crippen molar-refractivity contribution < 1.29 is 4.74 Å². The van der Waals surface area contributed by atoms with Crippen LogP contribution < -0.4 is 10.5 Å². The quantitative estimate of drug-likeness (QED) is 0.886. The van der Waals surface area contributed by atoms with Crippen molar-refractivity contribution in [3.8, 4) is 5.75 Å². The van der Waals surface area contributed by atoms with Gasteiger partial charge in [-0.3, -0.25) is 0 Å². The fraction of sp³-hybridized carbons (Fsp3) is 0.176. The Morgan fingerprint density at radius 2 is 1.95 bits per heavy atom. The van der Waals surface area contributed by atoms with Crippen LogP contribution in [0.15, 0.2) is 53.0 Å². The van der Waals surface area contributed by atoms with Crippen LogP contribution in [0.5, 0.6) is 5.75 Å². The van der Waals surface area contributed by atoms with E-state index in [1.807, 2.05) is 43.3 Å². The van der Waals surface area contributed by atoms with E-state index in [4.69, 9.17) is 10.5 Å². The summed E-state index contributed by atoms with van der Waals surface area (Å²) < 4.78 is 6.88. The molecule has 0 aliphatic carbocycles. The second-order valence-corrected chi connectivity index (χ2v) is 5.42. The number of hydrogen-bond donors (Lipinski definition) is 1. The Hall–Kier alpha value is -1.58. The number of benzene rings is 2. The van der Waals surface area contributed by atoms with Gasteiger partial charge < -0.3 is 10.5 Å². The number of aryl methyl sites for hydroxylation is 1. The van der Waals surface area contributed by atoms with Gasteiger partial charge in [-0.2, -0.15) is 0 Å². The van der Waals surface area contributed by atoms with Crippen molar-refractivity contribution in [3.05, 3.63) is 69.7 Å². The molecular formula is C17H18BrNO. The highest BCUT2D eigenvalue weighted by Gasteiger charge is 2.07. The first-order valence-electron chi connectivity index (χ1n) is 6.54. The molecule has 0 saturated carbocycles. The van der Waals surface area contributed by atoms with Crippen molar-refractivity contribution in [1.82, 2.24) is 0 Å². The van der Waals surface area contributed by atoms with Crippen molar-refractivity contribution in [2.45, 2.75) is 13.5 Å². The molecule has 0 aromatic heterocycles. The van der Waals surface area contributed by atoms with Crippen LogP contribution >= 0.6 is 15.9 Å². The molecule has 2 aromatic carbocycles. The lowest BCUT2D eigenvalue weighted by atomic mass is 10.1. The number of hydrogen-bond acceptors (Lipinski definition) is 2. The fourth-order valence-electron chi connectivity index (χ4n) is 1.97. The molecule has 0 amide bonds. The first-order chi connectivity index (χ1) is 9.70. The third-order valence-corrected chi connectivity index (χ3v) is 3.51. The molecule has 2 aromatic rings. The van der Waals surface area contributed by atoms with Crippen LogP contribution in [0.2, 0.25) is 0 Å². The molecule has 0 radical (unpaired) electrons. The van der Waals surface area contributed by atoms with Crippen molar-refractivity contribution in [2.24, 2.45) is 5.73 Å². The predicted octanol–water partition coefficient (Wildman–Crippen LogP) is 4.31. The molecule has 104 valence electrons. The van der Waals surface area contributed by atoms with Crippen LogP contribution in [-0.4, -0.2) is 6.54 Å². The van der Waals surface area contributed by atoms with Gasteiger partial charge in [-0.1, -0.05) is 42.5 Å². The summed E-state index contributed by atoms with van der Waals surface area (Å²) in [5, 5.41) is 0. The SMILES string of the molecule is Cc1cc(/C=C/CN)cc(Br)c1OCc1ccccc1. The molecule has 2 N–H and O–H groups in total. The average molecular weight is 332 g/mol. The van der Waals surface area contributed by atoms with Gasteiger partial charge in [0.25, 0.3) is 0 Å². The number of nitrogens with two attached hydrogens (primary N) is 1. The van der Waals surface area contributed by atoms with Gasteiger partial charge in [0.05, 0.1) is 4.47 Å². The number of rotatable bonds is 5. The lowest BCUT2D eigenvalue weighted by Gasteiger charge is -2.12. The Bertz CT molecular complexity index is 570. The first kappa shape index (κ1) is 14.8. The van der Waals surface area contributed by atoms with E-state index in [0.717, 1.165) is 26.9 Å². The zero-order valence-electron chi connectivity index (χ0n) is 11.5. The summed E-state index contributed by atoms with van der Waals surface area (Å²) in [5.41, 5.74) is 8.85. The average Bonchev–Trinajstić information content (AvgIpc) is 2.45. The summed E-state index contributed by atoms with van der Waals surface area (Å²) in [6, 6.07) is 14.3. The van der Waals surface area contributed by atoms with Crippen LogP contribution in [0.4, 0.5) is 0 Å². The maximum atomic E-state index is 5.92. The van der Waals surface area contributed by atoms with Crippen molar-refractivity contribution >= 4 is 22.0 Å². The fourth-order valence-corrected chi connectivity index (χ4v) is 2.66. The van der Waals surface area contributed by atoms with E-state index in [9.17, 15) is 0 Å². The lowest BCUT2D eigenvalue weighted by Crippen LogP contribution is -1.98. The molecular weight excluding hydrogens is 314 g/mol. The van der Waals surface area contributed by atoms with Gasteiger partial charge in [-0.15, -0.1) is 0 Å². The van der Waals surface area contributed by atoms with E-state index in [1.165, 1.54) is 0 Å². The highest BCUT2D eigenvalue weighted by atomic mass is 79.9. The minimum Gasteiger partial charge on any atom is -0.487 e. The van der Waals surface area contributed by atoms with E-state index in [-0.39, 0.29) is 0 Å². The topological polar surface area (TPSA) is 35.2 Å². The first-order valence-corrected chi connectivity index (χ1v) is 7.33. The second kappa shape index (κ2) is 7.27. The molecule has 0 atom stereocenters. The smallest absolute Gasteiger partial charge is 0.136 e. The van der Waals surface area contributed by atoms with E-state index in [0.29, 0.717) is 13.2 Å². The van der Waals surface area contributed by atoms with Crippen LogP contribution in [0, 0.1) is 6.92 Å². The van der Waals surface area contributed by atoms with Gasteiger partial charge in [0.1, 0.15) is 12.4 Å². The van der Waals surface area contributed by atoms with E-state index < -0.39 is 0 Å². The van der Waals surface area contributed by atoms with Crippen LogP contribution in [0.25, 0.3) is 6.08 Å². The van der Waals surface area contributed by atoms with Gasteiger partial charge in [-0.25, -0.2) is 0 Å². The van der Waals surface area contributed by atoms with Crippen molar-refractivity contribution in [1.29, 1.82) is 0 Å². The number of ether oxygens (including phenoxy) is 1.